The molecule has 1 amide bonds. The van der Waals surface area contributed by atoms with Crippen molar-refractivity contribution in [3.63, 3.8) is 0 Å². The van der Waals surface area contributed by atoms with Crippen LogP contribution >= 0.6 is 0 Å². The largest absolute Gasteiger partial charge is 0.497 e. The number of aliphatic hydroxyl groups is 1. The monoisotopic (exact) mass is 653 g/mol. The molecule has 8 heteroatoms. The minimum atomic E-state index is -0.734. The van der Waals surface area contributed by atoms with E-state index in [4.69, 9.17) is 18.9 Å². The molecule has 3 aromatic rings. The summed E-state index contributed by atoms with van der Waals surface area (Å²) in [7, 11) is 4.84. The number of carbonyl (C=O) groups excluding carboxylic acids is 2. The van der Waals surface area contributed by atoms with E-state index >= 15 is 0 Å². The minimum Gasteiger partial charge on any atom is -0.497 e. The third kappa shape index (κ3) is 6.30. The van der Waals surface area contributed by atoms with Crippen LogP contribution in [0.15, 0.2) is 72.3 Å². The van der Waals surface area contributed by atoms with Gasteiger partial charge in [-0.1, -0.05) is 30.7 Å². The molecule has 1 saturated heterocycles. The van der Waals surface area contributed by atoms with E-state index in [9.17, 15) is 14.7 Å². The van der Waals surface area contributed by atoms with Gasteiger partial charge in [-0.3, -0.25) is 9.69 Å². The molecule has 1 spiro atoms. The number of hydrogen-bond acceptors (Lipinski definition) is 7. The molecule has 1 saturated carbocycles. The number of aliphatic hydroxyl groups excluding tert-OH is 1. The number of amides is 1. The van der Waals surface area contributed by atoms with Crippen LogP contribution in [-0.4, -0.2) is 61.5 Å². The number of methoxy groups -OCH3 is 3. The maximum atomic E-state index is 14.3. The molecule has 1 aliphatic heterocycles. The van der Waals surface area contributed by atoms with E-state index in [0.29, 0.717) is 60.7 Å². The van der Waals surface area contributed by atoms with Gasteiger partial charge in [-0.05, 0) is 111 Å². The van der Waals surface area contributed by atoms with Crippen molar-refractivity contribution < 1.29 is 33.6 Å². The number of rotatable bonds is 7. The van der Waals surface area contributed by atoms with Crippen molar-refractivity contribution in [1.82, 2.24) is 4.90 Å². The highest BCUT2D eigenvalue weighted by atomic mass is 16.6. The fraction of sp³-hybridized carbons (Fsp3) is 0.450. The van der Waals surface area contributed by atoms with Crippen molar-refractivity contribution in [2.75, 3.05) is 27.9 Å². The fourth-order valence-electron chi connectivity index (χ4n) is 8.19. The number of fused-ring (bicyclic) bond motifs is 8. The lowest BCUT2D eigenvalue weighted by atomic mass is 9.64. The predicted octanol–water partition coefficient (Wildman–Crippen LogP) is 7.64. The molecule has 3 aromatic carbocycles. The summed E-state index contributed by atoms with van der Waals surface area (Å²) in [4.78, 5) is 29.8. The molecule has 7 rings (SSSR count). The highest BCUT2D eigenvalue weighted by Gasteiger charge is 2.64. The van der Waals surface area contributed by atoms with Crippen LogP contribution in [-0.2, 0) is 17.7 Å². The number of hydrogen-bond donors (Lipinski definition) is 1. The zero-order valence-electron chi connectivity index (χ0n) is 28.7. The van der Waals surface area contributed by atoms with Crippen LogP contribution in [0.5, 0.6) is 17.2 Å². The van der Waals surface area contributed by atoms with E-state index in [1.54, 1.807) is 50.5 Å². The highest BCUT2D eigenvalue weighted by molar-refractivity contribution is 6.10. The van der Waals surface area contributed by atoms with E-state index < -0.39 is 17.1 Å². The van der Waals surface area contributed by atoms with Crippen molar-refractivity contribution in [3.05, 3.63) is 100 Å². The zero-order valence-corrected chi connectivity index (χ0v) is 28.7. The van der Waals surface area contributed by atoms with Gasteiger partial charge in [-0.25, -0.2) is 4.79 Å². The van der Waals surface area contributed by atoms with Gasteiger partial charge in [0.15, 0.2) is 5.78 Å². The van der Waals surface area contributed by atoms with Crippen molar-refractivity contribution in [1.29, 1.82) is 0 Å². The maximum Gasteiger partial charge on any atom is 0.410 e. The van der Waals surface area contributed by atoms with Crippen LogP contribution in [0.2, 0.25) is 0 Å². The summed E-state index contributed by atoms with van der Waals surface area (Å²) < 4.78 is 22.9. The molecule has 2 fully saturated rings. The lowest BCUT2D eigenvalue weighted by Crippen LogP contribution is -2.48. The zero-order chi connectivity index (χ0) is 34.1. The fourth-order valence-corrected chi connectivity index (χ4v) is 8.19. The van der Waals surface area contributed by atoms with Gasteiger partial charge in [0.1, 0.15) is 22.8 Å². The van der Waals surface area contributed by atoms with Gasteiger partial charge in [0.2, 0.25) is 0 Å². The minimum absolute atomic E-state index is 0.0337. The SMILES string of the molecule is COc1ccc(C(=O)c2cc3ccc2[C@@H]2CC[C@@]4(CN(Cc5ccc(OC)cc5OC)C(=O)O4)[C@@]2(C)CCC=C(C)CC[C@H](O)C3)cc1. The molecule has 254 valence electrons. The first kappa shape index (κ1) is 33.6. The van der Waals surface area contributed by atoms with E-state index in [2.05, 4.69) is 32.1 Å². The van der Waals surface area contributed by atoms with Gasteiger partial charge in [-0.15, -0.1) is 0 Å². The molecule has 0 radical (unpaired) electrons. The third-order valence-electron chi connectivity index (χ3n) is 11.1. The molecule has 4 atom stereocenters. The van der Waals surface area contributed by atoms with Crippen LogP contribution in [0.1, 0.15) is 90.9 Å². The van der Waals surface area contributed by atoms with Crippen molar-refractivity contribution in [2.45, 2.75) is 83.0 Å². The molecule has 0 unspecified atom stereocenters. The Morgan fingerprint density at radius 1 is 0.958 bits per heavy atom. The Bertz CT molecular complexity index is 1700. The first-order valence-electron chi connectivity index (χ1n) is 16.9. The van der Waals surface area contributed by atoms with E-state index in [0.717, 1.165) is 42.4 Å². The summed E-state index contributed by atoms with van der Waals surface area (Å²) in [6.45, 7) is 5.18. The molecule has 48 heavy (non-hydrogen) atoms. The smallest absolute Gasteiger partial charge is 0.410 e. The summed E-state index contributed by atoms with van der Waals surface area (Å²) in [6.07, 6.45) is 6.42. The molecular formula is C40H47NO7. The van der Waals surface area contributed by atoms with Crippen molar-refractivity contribution >= 4 is 11.9 Å². The van der Waals surface area contributed by atoms with Gasteiger partial charge in [0, 0.05) is 28.2 Å². The Labute approximate surface area is 283 Å². The Morgan fingerprint density at radius 3 is 2.44 bits per heavy atom. The summed E-state index contributed by atoms with van der Waals surface area (Å²) in [5.41, 5.74) is 4.06. The van der Waals surface area contributed by atoms with Crippen LogP contribution in [0.3, 0.4) is 0 Å². The van der Waals surface area contributed by atoms with Crippen molar-refractivity contribution in [3.8, 4) is 17.2 Å². The lowest BCUT2D eigenvalue weighted by molar-refractivity contribution is -0.0373. The molecule has 1 N–H and O–H groups in total. The topological polar surface area (TPSA) is 94.5 Å². The van der Waals surface area contributed by atoms with E-state index in [1.807, 2.05) is 24.3 Å². The number of nitrogens with zero attached hydrogens (tertiary/aromatic N) is 1. The Hall–Kier alpha value is -4.30. The molecule has 0 aromatic heterocycles. The van der Waals surface area contributed by atoms with Gasteiger partial charge >= 0.3 is 6.09 Å². The van der Waals surface area contributed by atoms with E-state index in [1.165, 1.54) is 5.57 Å². The molecular weight excluding hydrogens is 606 g/mol. The average Bonchev–Trinajstić information content (AvgIpc) is 3.56. The summed E-state index contributed by atoms with van der Waals surface area (Å²) in [6, 6.07) is 19.0. The Morgan fingerprint density at radius 2 is 1.71 bits per heavy atom. The first-order chi connectivity index (χ1) is 23.1. The summed E-state index contributed by atoms with van der Waals surface area (Å²) in [5.74, 6) is 1.93. The molecule has 4 aliphatic rings. The normalized spacial score (nSPS) is 25.7. The number of ketones is 1. The third-order valence-corrected chi connectivity index (χ3v) is 11.1. The van der Waals surface area contributed by atoms with Gasteiger partial charge in [0.05, 0.1) is 40.5 Å². The Balaban J connectivity index is 1.40. The number of benzene rings is 3. The number of ether oxygens (including phenoxy) is 4. The molecule has 2 bridgehead atoms. The average molecular weight is 654 g/mol. The van der Waals surface area contributed by atoms with Crippen molar-refractivity contribution in [2.24, 2.45) is 5.41 Å². The number of allylic oxidation sites excluding steroid dienone is 2. The maximum absolute atomic E-state index is 14.3. The summed E-state index contributed by atoms with van der Waals surface area (Å²) >= 11 is 0. The standard InChI is InChI=1S/C40H47NO7/c1-26-7-6-19-39(2)35(18-20-40(39)25-41(38(44)48-40)24-29-12-16-32(46-4)23-36(29)47-5)33-17-9-27(21-30(42)13-8-26)22-34(33)37(43)28-10-14-31(45-3)15-11-28/h7,9-12,14-17,22-23,30,35,42H,6,8,13,18-21,24-25H2,1-5H3/t30-,35-,39-,40+/m0/s1. The molecule has 3 aliphatic carbocycles. The van der Waals surface area contributed by atoms with Crippen LogP contribution in [0, 0.1) is 5.41 Å². The van der Waals surface area contributed by atoms with Gasteiger partial charge in [0.25, 0.3) is 0 Å². The second kappa shape index (κ2) is 13.7. The molecule has 1 heterocycles. The van der Waals surface area contributed by atoms with E-state index in [-0.39, 0.29) is 17.8 Å². The first-order valence-corrected chi connectivity index (χ1v) is 16.9. The summed E-state index contributed by atoms with van der Waals surface area (Å²) in [5, 5.41) is 10.9. The van der Waals surface area contributed by atoms with Gasteiger partial charge in [-0.2, -0.15) is 0 Å². The van der Waals surface area contributed by atoms with Crippen LogP contribution in [0.4, 0.5) is 4.79 Å². The van der Waals surface area contributed by atoms with Crippen LogP contribution in [0.25, 0.3) is 0 Å². The Kier molecular flexibility index (Phi) is 9.57. The van der Waals surface area contributed by atoms with Gasteiger partial charge < -0.3 is 24.1 Å². The second-order valence-corrected chi connectivity index (χ2v) is 13.9. The quantitative estimate of drug-likeness (QED) is 0.207. The predicted molar refractivity (Wildman–Crippen MR) is 184 cm³/mol. The molecule has 8 nitrogen and oxygen atoms in total. The number of carbonyl (C=O) groups is 2. The highest BCUT2D eigenvalue weighted by Crippen LogP contribution is 2.62. The van der Waals surface area contributed by atoms with Crippen LogP contribution < -0.4 is 14.2 Å². The lowest BCUT2D eigenvalue weighted by Gasteiger charge is -2.43. The second-order valence-electron chi connectivity index (χ2n) is 13.9.